The molecule has 6 heteroatoms. The lowest BCUT2D eigenvalue weighted by Crippen LogP contribution is -2.36. The van der Waals surface area contributed by atoms with Gasteiger partial charge in [0, 0.05) is 6.04 Å². The van der Waals surface area contributed by atoms with Crippen LogP contribution in [0.25, 0.3) is 10.8 Å². The van der Waals surface area contributed by atoms with E-state index in [4.69, 9.17) is 9.84 Å². The number of rotatable bonds is 7. The van der Waals surface area contributed by atoms with Crippen molar-refractivity contribution in [3.8, 4) is 5.75 Å². The molecule has 0 aliphatic heterocycles. The van der Waals surface area contributed by atoms with Crippen LogP contribution >= 0.6 is 0 Å². The second-order valence-electron chi connectivity index (χ2n) is 5.01. The molecule has 0 saturated heterocycles. The second-order valence-corrected chi connectivity index (χ2v) is 6.73. The van der Waals surface area contributed by atoms with Crippen LogP contribution in [0.3, 0.4) is 0 Å². The lowest BCUT2D eigenvalue weighted by atomic mass is 10.1. The van der Waals surface area contributed by atoms with E-state index >= 15 is 0 Å². The number of nitrogens with one attached hydrogen (secondary N) is 1. The molecule has 0 aliphatic rings. The van der Waals surface area contributed by atoms with Crippen molar-refractivity contribution in [3.63, 3.8) is 0 Å². The molecule has 2 aromatic rings. The molecule has 22 heavy (non-hydrogen) atoms. The van der Waals surface area contributed by atoms with Crippen LogP contribution in [0.4, 0.5) is 0 Å². The third-order valence-electron chi connectivity index (χ3n) is 3.44. The molecular weight excluding hydrogens is 302 g/mol. The highest BCUT2D eigenvalue weighted by Gasteiger charge is 2.18. The number of fused-ring (bicyclic) bond motifs is 1. The molecule has 2 N–H and O–H groups in total. The minimum Gasteiger partial charge on any atom is -0.494 e. The van der Waals surface area contributed by atoms with E-state index in [1.54, 1.807) is 18.2 Å². The summed E-state index contributed by atoms with van der Waals surface area (Å²) in [4.78, 5) is 0.191. The molecule has 0 aliphatic carbocycles. The van der Waals surface area contributed by atoms with Crippen LogP contribution in [-0.4, -0.2) is 32.8 Å². The molecular formula is C16H21NO4S. The Morgan fingerprint density at radius 3 is 2.45 bits per heavy atom. The Kier molecular flexibility index (Phi) is 5.39. The summed E-state index contributed by atoms with van der Waals surface area (Å²) >= 11 is 0. The molecule has 2 rings (SSSR count). The van der Waals surface area contributed by atoms with Gasteiger partial charge in [-0.3, -0.25) is 0 Å². The Morgan fingerprint density at radius 1 is 1.14 bits per heavy atom. The molecule has 0 bridgehead atoms. The van der Waals surface area contributed by atoms with Gasteiger partial charge in [0.05, 0.1) is 18.1 Å². The summed E-state index contributed by atoms with van der Waals surface area (Å²) in [5.41, 5.74) is 0. The molecule has 1 unspecified atom stereocenters. The normalized spacial score (nSPS) is 13.2. The summed E-state index contributed by atoms with van der Waals surface area (Å²) in [6.45, 7) is 4.10. The van der Waals surface area contributed by atoms with Gasteiger partial charge in [0.2, 0.25) is 10.0 Å². The molecule has 1 atom stereocenters. The fraction of sp³-hybridized carbons (Fsp3) is 0.375. The molecule has 0 radical (unpaired) electrons. The van der Waals surface area contributed by atoms with Gasteiger partial charge in [0.1, 0.15) is 5.75 Å². The van der Waals surface area contributed by atoms with Crippen molar-refractivity contribution in [2.75, 3.05) is 13.2 Å². The number of sulfonamides is 1. The minimum atomic E-state index is -3.64. The Morgan fingerprint density at radius 2 is 1.82 bits per heavy atom. The third-order valence-corrected chi connectivity index (χ3v) is 4.96. The number of hydrogen-bond acceptors (Lipinski definition) is 4. The van der Waals surface area contributed by atoms with Crippen LogP contribution in [0.1, 0.15) is 20.3 Å². The van der Waals surface area contributed by atoms with Gasteiger partial charge >= 0.3 is 0 Å². The van der Waals surface area contributed by atoms with Crippen LogP contribution in [-0.2, 0) is 10.0 Å². The Balaban J connectivity index is 2.34. The lowest BCUT2D eigenvalue weighted by Gasteiger charge is -2.14. The number of aliphatic hydroxyl groups is 1. The Hall–Kier alpha value is -1.63. The first-order valence-corrected chi connectivity index (χ1v) is 8.78. The van der Waals surface area contributed by atoms with Crippen LogP contribution in [0.2, 0.25) is 0 Å². The highest BCUT2D eigenvalue weighted by Crippen LogP contribution is 2.24. The van der Waals surface area contributed by atoms with Crippen molar-refractivity contribution in [3.05, 3.63) is 36.4 Å². The van der Waals surface area contributed by atoms with Gasteiger partial charge in [-0.2, -0.15) is 0 Å². The van der Waals surface area contributed by atoms with Gasteiger partial charge in [-0.25, -0.2) is 13.1 Å². The molecule has 0 aromatic heterocycles. The van der Waals surface area contributed by atoms with Crippen molar-refractivity contribution in [2.45, 2.75) is 31.2 Å². The van der Waals surface area contributed by atoms with Gasteiger partial charge < -0.3 is 9.84 Å². The molecule has 0 fully saturated rings. The first kappa shape index (κ1) is 16.7. The SMILES string of the molecule is CCOc1ccc2cc(S(=O)(=O)NC(CC)CO)ccc2c1. The minimum absolute atomic E-state index is 0.191. The van der Waals surface area contributed by atoms with Gasteiger partial charge in [0.15, 0.2) is 0 Å². The van der Waals surface area contributed by atoms with Gasteiger partial charge in [-0.05, 0) is 48.4 Å². The van der Waals surface area contributed by atoms with Crippen LogP contribution in [0.15, 0.2) is 41.3 Å². The van der Waals surface area contributed by atoms with Gasteiger partial charge in [0.25, 0.3) is 0 Å². The summed E-state index contributed by atoms with van der Waals surface area (Å²) in [7, 11) is -3.64. The van der Waals surface area contributed by atoms with E-state index in [2.05, 4.69) is 4.72 Å². The predicted octanol–water partition coefficient (Wildman–Crippen LogP) is 2.29. The van der Waals surface area contributed by atoms with E-state index in [9.17, 15) is 8.42 Å². The smallest absolute Gasteiger partial charge is 0.240 e. The molecule has 5 nitrogen and oxygen atoms in total. The largest absolute Gasteiger partial charge is 0.494 e. The summed E-state index contributed by atoms with van der Waals surface area (Å²) in [6, 6.07) is 10.0. The van der Waals surface area contributed by atoms with Crippen molar-refractivity contribution in [1.82, 2.24) is 4.72 Å². The number of benzene rings is 2. The third kappa shape index (κ3) is 3.76. The first-order valence-electron chi connectivity index (χ1n) is 7.30. The van der Waals surface area contributed by atoms with Crippen LogP contribution < -0.4 is 9.46 Å². The van der Waals surface area contributed by atoms with Crippen molar-refractivity contribution < 1.29 is 18.3 Å². The highest BCUT2D eigenvalue weighted by atomic mass is 32.2. The second kappa shape index (κ2) is 7.09. The molecule has 0 amide bonds. The Labute approximate surface area is 131 Å². The average molecular weight is 323 g/mol. The molecule has 2 aromatic carbocycles. The molecule has 0 saturated carbocycles. The van der Waals surface area contributed by atoms with E-state index in [-0.39, 0.29) is 11.5 Å². The zero-order chi connectivity index (χ0) is 16.2. The summed E-state index contributed by atoms with van der Waals surface area (Å²) in [5, 5.41) is 10.9. The fourth-order valence-electron chi connectivity index (χ4n) is 2.16. The van der Waals surface area contributed by atoms with E-state index in [1.807, 2.05) is 32.0 Å². The van der Waals surface area contributed by atoms with Gasteiger partial charge in [-0.1, -0.05) is 19.1 Å². The number of ether oxygens (including phenoxy) is 1. The maximum absolute atomic E-state index is 12.3. The van der Waals surface area contributed by atoms with Crippen molar-refractivity contribution in [2.24, 2.45) is 0 Å². The zero-order valence-electron chi connectivity index (χ0n) is 12.7. The van der Waals surface area contributed by atoms with Crippen molar-refractivity contribution >= 4 is 20.8 Å². The van der Waals surface area contributed by atoms with Gasteiger partial charge in [-0.15, -0.1) is 0 Å². The van der Waals surface area contributed by atoms with E-state index < -0.39 is 16.1 Å². The topological polar surface area (TPSA) is 75.6 Å². The van der Waals surface area contributed by atoms with Crippen LogP contribution in [0.5, 0.6) is 5.75 Å². The maximum Gasteiger partial charge on any atom is 0.240 e. The zero-order valence-corrected chi connectivity index (χ0v) is 13.6. The quantitative estimate of drug-likeness (QED) is 0.820. The molecule has 0 spiro atoms. The summed E-state index contributed by atoms with van der Waals surface area (Å²) < 4.78 is 32.6. The number of hydrogen-bond donors (Lipinski definition) is 2. The number of aliphatic hydroxyl groups excluding tert-OH is 1. The summed E-state index contributed by atoms with van der Waals surface area (Å²) in [6.07, 6.45) is 0.529. The highest BCUT2D eigenvalue weighted by molar-refractivity contribution is 7.89. The monoisotopic (exact) mass is 323 g/mol. The van der Waals surface area contributed by atoms with Crippen LogP contribution in [0, 0.1) is 0 Å². The summed E-state index contributed by atoms with van der Waals surface area (Å²) in [5.74, 6) is 0.759. The van der Waals surface area contributed by atoms with E-state index in [0.717, 1.165) is 16.5 Å². The van der Waals surface area contributed by atoms with E-state index in [1.165, 1.54) is 0 Å². The lowest BCUT2D eigenvalue weighted by molar-refractivity contribution is 0.254. The predicted molar refractivity (Wildman–Crippen MR) is 86.6 cm³/mol. The van der Waals surface area contributed by atoms with Crippen molar-refractivity contribution in [1.29, 1.82) is 0 Å². The average Bonchev–Trinajstić information content (AvgIpc) is 2.52. The molecule has 0 heterocycles. The fourth-order valence-corrected chi connectivity index (χ4v) is 3.51. The first-order chi connectivity index (χ1) is 10.5. The van der Waals surface area contributed by atoms with E-state index in [0.29, 0.717) is 13.0 Å². The standard InChI is InChI=1S/C16H21NO4S/c1-3-14(11-18)17-22(19,20)16-8-6-12-9-15(21-4-2)7-5-13(12)10-16/h5-10,14,17-18H,3-4,11H2,1-2H3. The molecule has 120 valence electrons. The maximum atomic E-state index is 12.3. The Bertz CT molecular complexity index is 739.